The van der Waals surface area contributed by atoms with Gasteiger partial charge in [0.1, 0.15) is 0 Å². The van der Waals surface area contributed by atoms with Crippen molar-refractivity contribution in [2.75, 3.05) is 0 Å². The first-order valence-electron chi connectivity index (χ1n) is 25.1. The van der Waals surface area contributed by atoms with Gasteiger partial charge in [-0.3, -0.25) is 14.4 Å². The van der Waals surface area contributed by atoms with E-state index in [1.807, 2.05) is 197 Å². The molecule has 0 saturated heterocycles. The topological polar surface area (TPSA) is 92.2 Å². The van der Waals surface area contributed by atoms with Gasteiger partial charge in [-0.25, -0.2) is 0 Å². The number of amides is 3. The van der Waals surface area contributed by atoms with Gasteiger partial charge in [-0.1, -0.05) is 200 Å². The van der Waals surface area contributed by atoms with E-state index in [1.165, 1.54) is 0 Å². The molecule has 3 N–H and O–H groups in total. The van der Waals surface area contributed by atoms with Crippen molar-refractivity contribution in [1.29, 1.82) is 0 Å². The Bertz CT molecular complexity index is 3340. The minimum Gasteiger partial charge on any atom is -0.346 e. The fourth-order valence-electron chi connectivity index (χ4n) is 9.64. The molecule has 10 rings (SSSR count). The van der Waals surface area contributed by atoms with Gasteiger partial charge < -0.3 is 20.5 Å². The van der Waals surface area contributed by atoms with Crippen LogP contribution in [-0.4, -0.2) is 22.3 Å². The number of aromatic nitrogens is 1. The number of nitrogens with zero attached hydrogens (tertiary/aromatic N) is 1. The van der Waals surface area contributed by atoms with Crippen LogP contribution in [0.25, 0.3) is 61.6 Å². The van der Waals surface area contributed by atoms with E-state index in [-0.39, 0.29) is 35.8 Å². The Labute approximate surface area is 433 Å². The number of hydrogen-bond donors (Lipinski definition) is 3. The standard InChI is InChI=1S/C67H56N4O3/c1-45(48-19-9-4-10-20-48)68-65(72)57-35-29-51(30-36-57)52-41-43-60(44-42-52)71-63(55-25-15-7-16-26-55)61(53-31-37-58(38-32-53)66(73)69-46(2)49-21-11-5-12-22-49)62(64(71)56-27-17-8-18-28-56)54-33-39-59(40-34-54)67(74)70-47(3)50-23-13-6-14-24-50/h4-47H,1-3H3,(H,68,72)(H,69,73)(H,70,74)/t45-,46-,47-/m0/s1. The van der Waals surface area contributed by atoms with Gasteiger partial charge in [0.25, 0.3) is 17.7 Å². The third kappa shape index (κ3) is 10.5. The second kappa shape index (κ2) is 22.0. The van der Waals surface area contributed by atoms with Crippen molar-refractivity contribution in [1.82, 2.24) is 20.5 Å². The number of carbonyl (C=O) groups is 3. The van der Waals surface area contributed by atoms with E-state index in [9.17, 15) is 14.4 Å². The van der Waals surface area contributed by atoms with E-state index in [2.05, 4.69) is 93.3 Å². The lowest BCUT2D eigenvalue weighted by atomic mass is 9.90. The summed E-state index contributed by atoms with van der Waals surface area (Å²) in [7, 11) is 0. The highest BCUT2D eigenvalue weighted by molar-refractivity contribution is 6.04. The zero-order chi connectivity index (χ0) is 51.0. The predicted octanol–water partition coefficient (Wildman–Crippen LogP) is 15.3. The zero-order valence-corrected chi connectivity index (χ0v) is 41.6. The number of carbonyl (C=O) groups excluding carboxylic acids is 3. The lowest BCUT2D eigenvalue weighted by Gasteiger charge is -2.17. The fourth-order valence-corrected chi connectivity index (χ4v) is 9.64. The van der Waals surface area contributed by atoms with Crippen molar-refractivity contribution < 1.29 is 14.4 Å². The summed E-state index contributed by atoms with van der Waals surface area (Å²) < 4.78 is 2.34. The lowest BCUT2D eigenvalue weighted by Crippen LogP contribution is -2.26. The molecule has 0 saturated carbocycles. The summed E-state index contributed by atoms with van der Waals surface area (Å²) in [4.78, 5) is 41.0. The summed E-state index contributed by atoms with van der Waals surface area (Å²) in [5, 5.41) is 9.49. The Morgan fingerprint density at radius 3 is 0.851 bits per heavy atom. The highest BCUT2D eigenvalue weighted by Gasteiger charge is 2.29. The minimum atomic E-state index is -0.180. The first-order valence-corrected chi connectivity index (χ1v) is 25.1. The van der Waals surface area contributed by atoms with E-state index in [1.54, 1.807) is 0 Å². The molecule has 74 heavy (non-hydrogen) atoms. The Morgan fingerprint density at radius 2 is 0.554 bits per heavy atom. The highest BCUT2D eigenvalue weighted by Crippen LogP contribution is 2.50. The molecule has 0 fully saturated rings. The normalized spacial score (nSPS) is 12.3. The maximum Gasteiger partial charge on any atom is 0.251 e. The molecule has 7 nitrogen and oxygen atoms in total. The van der Waals surface area contributed by atoms with E-state index in [4.69, 9.17) is 0 Å². The molecule has 362 valence electrons. The lowest BCUT2D eigenvalue weighted by molar-refractivity contribution is 0.0931. The summed E-state index contributed by atoms with van der Waals surface area (Å²) in [6, 6.07) is 82.2. The molecule has 3 amide bonds. The Balaban J connectivity index is 1.08. The molecule has 0 aliphatic heterocycles. The Hall–Kier alpha value is -9.33. The molecule has 7 heteroatoms. The van der Waals surface area contributed by atoms with Crippen molar-refractivity contribution in [3.8, 4) is 61.6 Å². The van der Waals surface area contributed by atoms with Crippen molar-refractivity contribution >= 4 is 17.7 Å². The van der Waals surface area contributed by atoms with Gasteiger partial charge >= 0.3 is 0 Å². The number of benzene rings is 9. The molecule has 0 unspecified atom stereocenters. The predicted molar refractivity (Wildman–Crippen MR) is 300 cm³/mol. The van der Waals surface area contributed by atoms with E-state index in [0.29, 0.717) is 16.7 Å². The summed E-state index contributed by atoms with van der Waals surface area (Å²) in [6.45, 7) is 5.97. The smallest absolute Gasteiger partial charge is 0.251 e. The van der Waals surface area contributed by atoms with Gasteiger partial charge in [0.15, 0.2) is 0 Å². The van der Waals surface area contributed by atoms with Crippen LogP contribution in [0.4, 0.5) is 0 Å². The average molecular weight is 965 g/mol. The summed E-state index contributed by atoms with van der Waals surface area (Å²) in [5.74, 6) is -0.453. The summed E-state index contributed by atoms with van der Waals surface area (Å²) in [6.07, 6.45) is 0. The van der Waals surface area contributed by atoms with Crippen LogP contribution in [0.5, 0.6) is 0 Å². The molecular weight excluding hydrogens is 909 g/mol. The third-order valence-corrected chi connectivity index (χ3v) is 13.7. The third-order valence-electron chi connectivity index (χ3n) is 13.7. The van der Waals surface area contributed by atoms with Crippen LogP contribution in [0.3, 0.4) is 0 Å². The van der Waals surface area contributed by atoms with Gasteiger partial charge in [0.05, 0.1) is 29.5 Å². The van der Waals surface area contributed by atoms with E-state index < -0.39 is 0 Å². The molecule has 1 aromatic heterocycles. The quantitative estimate of drug-likeness (QED) is 0.0956. The van der Waals surface area contributed by atoms with Crippen molar-refractivity contribution in [3.63, 3.8) is 0 Å². The van der Waals surface area contributed by atoms with Gasteiger partial charge in [-0.05, 0) is 119 Å². The van der Waals surface area contributed by atoms with Crippen LogP contribution in [0.1, 0.15) is 86.7 Å². The molecule has 10 aromatic rings. The molecule has 1 heterocycles. The first kappa shape index (κ1) is 48.3. The number of nitrogens with one attached hydrogen (secondary N) is 3. The van der Waals surface area contributed by atoms with E-state index >= 15 is 0 Å². The van der Waals surface area contributed by atoms with Gasteiger partial charge in [0.2, 0.25) is 0 Å². The van der Waals surface area contributed by atoms with Crippen LogP contribution >= 0.6 is 0 Å². The maximum absolute atomic E-state index is 13.8. The number of rotatable bonds is 15. The molecule has 0 bridgehead atoms. The summed E-state index contributed by atoms with van der Waals surface area (Å²) in [5.41, 5.74) is 15.4. The Kier molecular flexibility index (Phi) is 14.3. The second-order valence-electron chi connectivity index (χ2n) is 18.6. The van der Waals surface area contributed by atoms with Crippen LogP contribution < -0.4 is 16.0 Å². The molecule has 0 aliphatic rings. The second-order valence-corrected chi connectivity index (χ2v) is 18.6. The highest BCUT2D eigenvalue weighted by atomic mass is 16.2. The molecule has 0 aliphatic carbocycles. The minimum absolute atomic E-state index is 0.129. The van der Waals surface area contributed by atoms with Crippen molar-refractivity contribution in [3.05, 3.63) is 282 Å². The van der Waals surface area contributed by atoms with Gasteiger partial charge in [-0.15, -0.1) is 0 Å². The van der Waals surface area contributed by atoms with Crippen molar-refractivity contribution in [2.24, 2.45) is 0 Å². The SMILES string of the molecule is C[C@H](NC(=O)c1ccc(-c2ccc(-n3c(-c4ccccc4)c(-c4ccc(C(=O)N[C@@H](C)c5ccccc5)cc4)c(-c4ccc(C(=O)N[C@@H](C)c5ccccc5)cc4)c3-c3ccccc3)cc2)cc1)c1ccccc1. The van der Waals surface area contributed by atoms with Crippen LogP contribution in [0.15, 0.2) is 249 Å². The first-order chi connectivity index (χ1) is 36.2. The maximum atomic E-state index is 13.8. The van der Waals surface area contributed by atoms with Crippen LogP contribution in [-0.2, 0) is 0 Å². The zero-order valence-electron chi connectivity index (χ0n) is 41.6. The molecule has 3 atom stereocenters. The average Bonchev–Trinajstić information content (AvgIpc) is 3.83. The fraction of sp³-hybridized carbons (Fsp3) is 0.0896. The monoisotopic (exact) mass is 964 g/mol. The summed E-state index contributed by atoms with van der Waals surface area (Å²) >= 11 is 0. The molecule has 0 spiro atoms. The molecule has 9 aromatic carbocycles. The van der Waals surface area contributed by atoms with Crippen molar-refractivity contribution in [2.45, 2.75) is 38.9 Å². The van der Waals surface area contributed by atoms with E-state index in [0.717, 1.165) is 78.3 Å². The van der Waals surface area contributed by atoms with Crippen LogP contribution in [0, 0.1) is 0 Å². The Morgan fingerprint density at radius 1 is 0.297 bits per heavy atom. The van der Waals surface area contributed by atoms with Crippen LogP contribution in [0.2, 0.25) is 0 Å². The van der Waals surface area contributed by atoms with Gasteiger partial charge in [-0.2, -0.15) is 0 Å². The largest absolute Gasteiger partial charge is 0.346 e. The number of hydrogen-bond acceptors (Lipinski definition) is 3. The molecule has 0 radical (unpaired) electrons. The molecular formula is C67H56N4O3. The van der Waals surface area contributed by atoms with Gasteiger partial charge in [0, 0.05) is 33.5 Å².